The van der Waals surface area contributed by atoms with Crippen LogP contribution in [0.15, 0.2) is 71.6 Å². The number of imidazole rings is 1. The third kappa shape index (κ3) is 4.75. The highest BCUT2D eigenvalue weighted by Gasteiger charge is 2.16. The summed E-state index contributed by atoms with van der Waals surface area (Å²) in [7, 11) is -1.80. The number of amides is 1. The average molecular weight is 463 g/mol. The summed E-state index contributed by atoms with van der Waals surface area (Å²) >= 11 is 0. The number of hydrogen-bond donors (Lipinski definition) is 2. The molecule has 1 amide bonds. The van der Waals surface area contributed by atoms with Gasteiger partial charge in [0, 0.05) is 24.2 Å². The lowest BCUT2D eigenvalue weighted by atomic mass is 10.1. The van der Waals surface area contributed by atoms with E-state index in [4.69, 9.17) is 4.98 Å². The highest BCUT2D eigenvalue weighted by Crippen LogP contribution is 2.27. The van der Waals surface area contributed by atoms with Gasteiger partial charge in [0.25, 0.3) is 15.9 Å². The van der Waals surface area contributed by atoms with Gasteiger partial charge in [-0.2, -0.15) is 0 Å². The molecule has 0 aliphatic carbocycles. The predicted octanol–water partition coefficient (Wildman–Crippen LogP) is 4.49. The van der Waals surface area contributed by atoms with Crippen LogP contribution < -0.4 is 10.0 Å². The maximum Gasteiger partial charge on any atom is 0.261 e. The van der Waals surface area contributed by atoms with E-state index in [1.165, 1.54) is 0 Å². The zero-order valence-electron chi connectivity index (χ0n) is 19.0. The van der Waals surface area contributed by atoms with Crippen molar-refractivity contribution in [3.05, 3.63) is 77.9 Å². The Morgan fingerprint density at radius 3 is 2.27 bits per heavy atom. The average Bonchev–Trinajstić information content (AvgIpc) is 3.09. The molecule has 0 aliphatic rings. The van der Waals surface area contributed by atoms with Crippen LogP contribution in [0.1, 0.15) is 29.8 Å². The first-order valence-electron chi connectivity index (χ1n) is 10.6. The Balaban J connectivity index is 1.62. The van der Waals surface area contributed by atoms with Crippen molar-refractivity contribution in [1.82, 2.24) is 14.9 Å². The number of sulfonamides is 1. The molecule has 3 aromatic carbocycles. The largest absolute Gasteiger partial charge is 0.350 e. The highest BCUT2D eigenvalue weighted by atomic mass is 32.2. The number of fused-ring (bicyclic) bond motifs is 1. The number of rotatable bonds is 6. The third-order valence-electron chi connectivity index (χ3n) is 5.29. The zero-order chi connectivity index (χ0) is 23.8. The SMILES string of the molecule is Cc1ccc(S(=O)(=O)Nc2ccc3c(c2)nc(-c2ccc(C(=O)NC(C)C)cc2)n3C)cc1. The van der Waals surface area contributed by atoms with Crippen molar-refractivity contribution in [2.45, 2.75) is 31.7 Å². The topological polar surface area (TPSA) is 93.1 Å². The Bertz CT molecular complexity index is 1420. The first kappa shape index (κ1) is 22.5. The maximum absolute atomic E-state index is 12.7. The lowest BCUT2D eigenvalue weighted by Crippen LogP contribution is -2.29. The van der Waals surface area contributed by atoms with Gasteiger partial charge in [0.2, 0.25) is 0 Å². The number of nitrogens with one attached hydrogen (secondary N) is 2. The van der Waals surface area contributed by atoms with Gasteiger partial charge in [-0.25, -0.2) is 13.4 Å². The number of aromatic nitrogens is 2. The second kappa shape index (κ2) is 8.71. The zero-order valence-corrected chi connectivity index (χ0v) is 19.8. The van der Waals surface area contributed by atoms with Gasteiger partial charge in [-0.3, -0.25) is 9.52 Å². The summed E-state index contributed by atoms with van der Waals surface area (Å²) in [6, 6.07) is 19.3. The fraction of sp³-hybridized carbons (Fsp3) is 0.200. The standard InChI is InChI=1S/C25H26N4O3S/c1-16(2)26-25(30)19-9-7-18(8-10-19)24-27-22-15-20(11-14-23(22)29(24)4)28-33(31,32)21-12-5-17(3)6-13-21/h5-16,28H,1-4H3,(H,26,30). The summed E-state index contributed by atoms with van der Waals surface area (Å²) in [5.74, 6) is 0.603. The van der Waals surface area contributed by atoms with Crippen molar-refractivity contribution in [2.75, 3.05) is 4.72 Å². The third-order valence-corrected chi connectivity index (χ3v) is 6.69. The Kier molecular flexibility index (Phi) is 5.95. The minimum atomic E-state index is -3.70. The van der Waals surface area contributed by atoms with Crippen LogP contribution in [-0.4, -0.2) is 29.9 Å². The molecular weight excluding hydrogens is 436 g/mol. The summed E-state index contributed by atoms with van der Waals surface area (Å²) in [6.07, 6.45) is 0. The van der Waals surface area contributed by atoms with Crippen LogP contribution in [0.25, 0.3) is 22.4 Å². The van der Waals surface area contributed by atoms with Gasteiger partial charge in [-0.15, -0.1) is 0 Å². The summed E-state index contributed by atoms with van der Waals surface area (Å²) in [5, 5.41) is 2.87. The van der Waals surface area contributed by atoms with E-state index < -0.39 is 10.0 Å². The van der Waals surface area contributed by atoms with Gasteiger partial charge in [0.1, 0.15) is 5.82 Å². The minimum Gasteiger partial charge on any atom is -0.350 e. The first-order chi connectivity index (χ1) is 15.6. The normalized spacial score (nSPS) is 11.7. The minimum absolute atomic E-state index is 0.0645. The first-order valence-corrected chi connectivity index (χ1v) is 12.1. The van der Waals surface area contributed by atoms with Gasteiger partial charge < -0.3 is 9.88 Å². The van der Waals surface area contributed by atoms with Crippen LogP contribution in [0.5, 0.6) is 0 Å². The van der Waals surface area contributed by atoms with E-state index in [0.29, 0.717) is 16.8 Å². The summed E-state index contributed by atoms with van der Waals surface area (Å²) in [6.45, 7) is 5.74. The highest BCUT2D eigenvalue weighted by molar-refractivity contribution is 7.92. The molecule has 0 fully saturated rings. The van der Waals surface area contributed by atoms with E-state index in [9.17, 15) is 13.2 Å². The molecule has 0 radical (unpaired) electrons. The number of nitrogens with zero attached hydrogens (tertiary/aromatic N) is 2. The van der Waals surface area contributed by atoms with Crippen LogP contribution in [0.2, 0.25) is 0 Å². The summed E-state index contributed by atoms with van der Waals surface area (Å²) in [4.78, 5) is 17.1. The van der Waals surface area contributed by atoms with E-state index in [-0.39, 0.29) is 16.8 Å². The van der Waals surface area contributed by atoms with Crippen LogP contribution in [0, 0.1) is 6.92 Å². The number of hydrogen-bond acceptors (Lipinski definition) is 4. The second-order valence-corrected chi connectivity index (χ2v) is 10.0. The predicted molar refractivity (Wildman–Crippen MR) is 131 cm³/mol. The van der Waals surface area contributed by atoms with Crippen LogP contribution >= 0.6 is 0 Å². The molecule has 1 aromatic heterocycles. The van der Waals surface area contributed by atoms with Crippen molar-refractivity contribution in [2.24, 2.45) is 7.05 Å². The van der Waals surface area contributed by atoms with Crippen LogP contribution in [-0.2, 0) is 17.1 Å². The molecule has 1 heterocycles. The quantitative estimate of drug-likeness (QED) is 0.442. The smallest absolute Gasteiger partial charge is 0.261 e. The molecule has 33 heavy (non-hydrogen) atoms. The molecule has 4 rings (SSSR count). The van der Waals surface area contributed by atoms with Crippen LogP contribution in [0.4, 0.5) is 5.69 Å². The molecule has 0 atom stereocenters. The van der Waals surface area contributed by atoms with E-state index in [2.05, 4.69) is 10.0 Å². The number of carbonyl (C=O) groups excluding carboxylic acids is 1. The van der Waals surface area contributed by atoms with Crippen LogP contribution in [0.3, 0.4) is 0 Å². The van der Waals surface area contributed by atoms with Crippen molar-refractivity contribution in [1.29, 1.82) is 0 Å². The van der Waals surface area contributed by atoms with Gasteiger partial charge in [-0.05, 0) is 63.2 Å². The Labute approximate surface area is 193 Å². The number of benzene rings is 3. The molecule has 0 saturated heterocycles. The van der Waals surface area contributed by atoms with Crippen molar-refractivity contribution < 1.29 is 13.2 Å². The lowest BCUT2D eigenvalue weighted by molar-refractivity contribution is 0.0943. The molecule has 8 heteroatoms. The van der Waals surface area contributed by atoms with E-state index in [1.54, 1.807) is 48.5 Å². The molecule has 0 spiro atoms. The fourth-order valence-electron chi connectivity index (χ4n) is 3.57. The molecule has 170 valence electrons. The number of anilines is 1. The Hall–Kier alpha value is -3.65. The molecule has 4 aromatic rings. The van der Waals surface area contributed by atoms with Gasteiger partial charge in [-0.1, -0.05) is 29.8 Å². The lowest BCUT2D eigenvalue weighted by Gasteiger charge is -2.09. The molecule has 0 aliphatic heterocycles. The maximum atomic E-state index is 12.7. The fourth-order valence-corrected chi connectivity index (χ4v) is 4.62. The van der Waals surface area contributed by atoms with Gasteiger partial charge in [0.15, 0.2) is 0 Å². The number of aryl methyl sites for hydroxylation is 2. The van der Waals surface area contributed by atoms with E-state index in [1.807, 2.05) is 50.6 Å². The summed E-state index contributed by atoms with van der Waals surface area (Å²) in [5.41, 5.74) is 4.40. The molecule has 7 nitrogen and oxygen atoms in total. The Morgan fingerprint density at radius 2 is 1.64 bits per heavy atom. The molecule has 0 unspecified atom stereocenters. The Morgan fingerprint density at radius 1 is 0.970 bits per heavy atom. The molecule has 0 saturated carbocycles. The second-order valence-electron chi connectivity index (χ2n) is 8.32. The van der Waals surface area contributed by atoms with E-state index >= 15 is 0 Å². The van der Waals surface area contributed by atoms with Crippen molar-refractivity contribution in [3.63, 3.8) is 0 Å². The monoisotopic (exact) mass is 462 g/mol. The summed E-state index contributed by atoms with van der Waals surface area (Å²) < 4.78 is 30.0. The van der Waals surface area contributed by atoms with Crippen molar-refractivity contribution in [3.8, 4) is 11.4 Å². The van der Waals surface area contributed by atoms with E-state index in [0.717, 1.165) is 22.5 Å². The van der Waals surface area contributed by atoms with Gasteiger partial charge >= 0.3 is 0 Å². The van der Waals surface area contributed by atoms with Gasteiger partial charge in [0.05, 0.1) is 21.6 Å². The molecule has 2 N–H and O–H groups in total. The number of carbonyl (C=O) groups is 1. The van der Waals surface area contributed by atoms with Crippen molar-refractivity contribution >= 4 is 32.7 Å². The molecule has 0 bridgehead atoms. The molecular formula is C25H26N4O3S.